The number of anilines is 1. The molecular formula is C14H17NO2S2. The van der Waals surface area contributed by atoms with E-state index in [-0.39, 0.29) is 0 Å². The molecule has 3 nitrogen and oxygen atoms in total. The number of nitrogens with zero attached hydrogens (tertiary/aromatic N) is 1. The van der Waals surface area contributed by atoms with E-state index in [9.17, 15) is 8.42 Å². The van der Waals surface area contributed by atoms with E-state index in [1.54, 1.807) is 24.8 Å². The first kappa shape index (κ1) is 14.2. The van der Waals surface area contributed by atoms with E-state index in [4.69, 9.17) is 0 Å². The summed E-state index contributed by atoms with van der Waals surface area (Å²) >= 11 is 1.65. The van der Waals surface area contributed by atoms with Gasteiger partial charge in [0.2, 0.25) is 0 Å². The van der Waals surface area contributed by atoms with Crippen LogP contribution in [0, 0.1) is 0 Å². The first-order valence-electron chi connectivity index (χ1n) is 5.93. The summed E-state index contributed by atoms with van der Waals surface area (Å²) in [4.78, 5) is 1.55. The average Bonchev–Trinajstić information content (AvgIpc) is 2.41. The molecule has 0 atom stereocenters. The van der Waals surface area contributed by atoms with Crippen LogP contribution in [0.4, 0.5) is 5.69 Å². The molecule has 1 aromatic rings. The second kappa shape index (κ2) is 5.06. The molecule has 1 aromatic carbocycles. The van der Waals surface area contributed by atoms with Crippen LogP contribution >= 0.6 is 11.8 Å². The van der Waals surface area contributed by atoms with Gasteiger partial charge in [-0.3, -0.25) is 4.31 Å². The zero-order valence-corrected chi connectivity index (χ0v) is 12.9. The maximum Gasteiger partial charge on any atom is 0.260 e. The third-order valence-corrected chi connectivity index (χ3v) is 6.11. The molecule has 1 aliphatic rings. The van der Waals surface area contributed by atoms with Crippen LogP contribution in [0.3, 0.4) is 0 Å². The van der Waals surface area contributed by atoms with Crippen LogP contribution in [0.25, 0.3) is 5.57 Å². The van der Waals surface area contributed by atoms with Gasteiger partial charge in [-0.05, 0) is 43.9 Å². The summed E-state index contributed by atoms with van der Waals surface area (Å²) in [6, 6.07) is 5.87. The van der Waals surface area contributed by atoms with Crippen LogP contribution in [-0.2, 0) is 10.0 Å². The summed E-state index contributed by atoms with van der Waals surface area (Å²) in [7, 11) is -3.41. The lowest BCUT2D eigenvalue weighted by Crippen LogP contribution is -2.35. The molecule has 5 heteroatoms. The Morgan fingerprint density at radius 3 is 2.63 bits per heavy atom. The zero-order chi connectivity index (χ0) is 14.2. The summed E-state index contributed by atoms with van der Waals surface area (Å²) in [5.74, 6) is 0. The number of sulfonamides is 1. The lowest BCUT2D eigenvalue weighted by molar-refractivity contribution is 0.598. The molecule has 0 aliphatic carbocycles. The monoisotopic (exact) mass is 295 g/mol. The molecule has 0 radical (unpaired) electrons. The normalized spacial score (nSPS) is 17.3. The Morgan fingerprint density at radius 1 is 1.37 bits per heavy atom. The molecule has 0 amide bonds. The van der Waals surface area contributed by atoms with E-state index in [2.05, 4.69) is 6.58 Å². The molecular weight excluding hydrogens is 278 g/mol. The highest BCUT2D eigenvalue weighted by Gasteiger charge is 2.32. The molecule has 0 fully saturated rings. The second-order valence-corrected chi connectivity index (χ2v) is 7.27. The minimum atomic E-state index is -3.41. The largest absolute Gasteiger partial charge is 0.262 e. The fourth-order valence-corrected chi connectivity index (χ4v) is 4.14. The van der Waals surface area contributed by atoms with Crippen molar-refractivity contribution in [2.75, 3.05) is 17.1 Å². The van der Waals surface area contributed by atoms with Gasteiger partial charge in [-0.25, -0.2) is 8.42 Å². The average molecular weight is 295 g/mol. The van der Waals surface area contributed by atoms with Gasteiger partial charge < -0.3 is 0 Å². The van der Waals surface area contributed by atoms with Crippen molar-refractivity contribution < 1.29 is 8.42 Å². The van der Waals surface area contributed by atoms with Gasteiger partial charge in [-0.1, -0.05) is 6.08 Å². The molecule has 0 N–H and O–H groups in total. The van der Waals surface area contributed by atoms with Crippen molar-refractivity contribution in [3.8, 4) is 0 Å². The standard InChI is InChI=1S/C14H17NO2S2/c1-5-8-15-14-7-6-12(18-4)9-13(14)10(2)11(3)19(15,16)17/h5-7,9H,1,8H2,2-4H3. The summed E-state index contributed by atoms with van der Waals surface area (Å²) in [5, 5.41) is 0. The molecule has 0 spiro atoms. The molecule has 1 aliphatic heterocycles. The van der Waals surface area contributed by atoms with Crippen molar-refractivity contribution >= 4 is 33.0 Å². The van der Waals surface area contributed by atoms with Gasteiger partial charge >= 0.3 is 0 Å². The van der Waals surface area contributed by atoms with Crippen molar-refractivity contribution in [3.05, 3.63) is 41.3 Å². The maximum absolute atomic E-state index is 12.4. The van der Waals surface area contributed by atoms with Crippen molar-refractivity contribution in [2.24, 2.45) is 0 Å². The van der Waals surface area contributed by atoms with Gasteiger partial charge in [0.05, 0.1) is 17.1 Å². The SMILES string of the molecule is C=CCN1c2ccc(SC)cc2C(C)=C(C)S1(=O)=O. The summed E-state index contributed by atoms with van der Waals surface area (Å²) in [6.07, 6.45) is 3.62. The Hall–Kier alpha value is -1.20. The smallest absolute Gasteiger partial charge is 0.260 e. The fourth-order valence-electron chi connectivity index (χ4n) is 2.15. The Morgan fingerprint density at radius 2 is 2.05 bits per heavy atom. The van der Waals surface area contributed by atoms with Crippen LogP contribution in [0.1, 0.15) is 19.4 Å². The van der Waals surface area contributed by atoms with Gasteiger partial charge in [-0.15, -0.1) is 18.3 Å². The third kappa shape index (κ3) is 2.21. The minimum Gasteiger partial charge on any atom is -0.262 e. The van der Waals surface area contributed by atoms with Gasteiger partial charge in [0, 0.05) is 10.5 Å². The summed E-state index contributed by atoms with van der Waals surface area (Å²) in [5.41, 5.74) is 2.55. The van der Waals surface area contributed by atoms with Gasteiger partial charge in [0.25, 0.3) is 10.0 Å². The predicted molar refractivity (Wildman–Crippen MR) is 83.0 cm³/mol. The summed E-state index contributed by atoms with van der Waals surface area (Å²) in [6.45, 7) is 7.46. The number of rotatable bonds is 3. The third-order valence-electron chi connectivity index (χ3n) is 3.38. The van der Waals surface area contributed by atoms with E-state index in [0.29, 0.717) is 11.4 Å². The van der Waals surface area contributed by atoms with Crippen molar-refractivity contribution in [1.82, 2.24) is 0 Å². The number of hydrogen-bond acceptors (Lipinski definition) is 3. The molecule has 2 rings (SSSR count). The Balaban J connectivity index is 2.74. The quantitative estimate of drug-likeness (QED) is 0.633. The number of thioether (sulfide) groups is 1. The first-order chi connectivity index (χ1) is 8.93. The van der Waals surface area contributed by atoms with E-state index in [1.807, 2.05) is 31.4 Å². The highest BCUT2D eigenvalue weighted by atomic mass is 32.2. The number of allylic oxidation sites excluding steroid dienone is 2. The van der Waals surface area contributed by atoms with Crippen LogP contribution in [0.2, 0.25) is 0 Å². The number of hydrogen-bond donors (Lipinski definition) is 0. The molecule has 1 heterocycles. The lowest BCUT2D eigenvalue weighted by atomic mass is 10.0. The predicted octanol–water partition coefficient (Wildman–Crippen LogP) is 3.50. The molecule has 0 bridgehead atoms. The number of benzene rings is 1. The van der Waals surface area contributed by atoms with Crippen LogP contribution in [-0.4, -0.2) is 21.2 Å². The minimum absolute atomic E-state index is 0.290. The highest BCUT2D eigenvalue weighted by molar-refractivity contribution is 7.98. The topological polar surface area (TPSA) is 37.4 Å². The fraction of sp³-hybridized carbons (Fsp3) is 0.286. The molecule has 0 saturated heterocycles. The van der Waals surface area contributed by atoms with Crippen LogP contribution in [0.15, 0.2) is 40.7 Å². The highest BCUT2D eigenvalue weighted by Crippen LogP contribution is 2.40. The second-order valence-electron chi connectivity index (χ2n) is 4.39. The molecule has 19 heavy (non-hydrogen) atoms. The Labute approximate surface area is 119 Å². The Bertz CT molecular complexity index is 660. The molecule has 102 valence electrons. The van der Waals surface area contributed by atoms with Gasteiger partial charge in [0.1, 0.15) is 0 Å². The van der Waals surface area contributed by atoms with E-state index >= 15 is 0 Å². The maximum atomic E-state index is 12.4. The summed E-state index contributed by atoms with van der Waals surface area (Å²) < 4.78 is 26.3. The van der Waals surface area contributed by atoms with Crippen molar-refractivity contribution in [2.45, 2.75) is 18.7 Å². The van der Waals surface area contributed by atoms with Crippen molar-refractivity contribution in [3.63, 3.8) is 0 Å². The Kier molecular flexibility index (Phi) is 3.78. The molecule has 0 unspecified atom stereocenters. The van der Waals surface area contributed by atoms with Crippen LogP contribution < -0.4 is 4.31 Å². The van der Waals surface area contributed by atoms with Crippen LogP contribution in [0.5, 0.6) is 0 Å². The van der Waals surface area contributed by atoms with E-state index in [1.165, 1.54) is 4.31 Å². The van der Waals surface area contributed by atoms with E-state index in [0.717, 1.165) is 21.7 Å². The van der Waals surface area contributed by atoms with Gasteiger partial charge in [-0.2, -0.15) is 0 Å². The zero-order valence-electron chi connectivity index (χ0n) is 11.3. The van der Waals surface area contributed by atoms with Crippen molar-refractivity contribution in [1.29, 1.82) is 0 Å². The lowest BCUT2D eigenvalue weighted by Gasteiger charge is -2.31. The molecule has 0 aromatic heterocycles. The van der Waals surface area contributed by atoms with Gasteiger partial charge in [0.15, 0.2) is 0 Å². The number of fused-ring (bicyclic) bond motifs is 1. The first-order valence-corrected chi connectivity index (χ1v) is 8.59. The molecule has 0 saturated carbocycles. The van der Waals surface area contributed by atoms with E-state index < -0.39 is 10.0 Å².